The van der Waals surface area contributed by atoms with Gasteiger partial charge in [-0.25, -0.2) is 9.59 Å². The maximum atomic E-state index is 11.9. The molecule has 0 radical (unpaired) electrons. The van der Waals surface area contributed by atoms with Crippen LogP contribution in [0.15, 0.2) is 59.1 Å². The molecule has 0 unspecified atom stereocenters. The maximum absolute atomic E-state index is 11.9. The first kappa shape index (κ1) is 16.0. The summed E-state index contributed by atoms with van der Waals surface area (Å²) < 4.78 is 10.6. The number of halogens is 1. The summed E-state index contributed by atoms with van der Waals surface area (Å²) in [6.07, 6.45) is 2.94. The van der Waals surface area contributed by atoms with Crippen molar-refractivity contribution in [3.05, 3.63) is 70.2 Å². The zero-order valence-electron chi connectivity index (χ0n) is 11.8. The average molecular weight is 361 g/mol. The summed E-state index contributed by atoms with van der Waals surface area (Å²) in [6.45, 7) is 0. The highest BCUT2D eigenvalue weighted by Gasteiger charge is 2.15. The van der Waals surface area contributed by atoms with Gasteiger partial charge in [0.25, 0.3) is 0 Å². The molecule has 0 fully saturated rings. The Morgan fingerprint density at radius 3 is 2.50 bits per heavy atom. The number of benzene rings is 2. The van der Waals surface area contributed by atoms with Crippen LogP contribution in [0, 0.1) is 0 Å². The molecule has 4 nitrogen and oxygen atoms in total. The minimum absolute atomic E-state index is 0.151. The van der Waals surface area contributed by atoms with Crippen molar-refractivity contribution in [1.82, 2.24) is 0 Å². The molecular formula is C17H13BrO4. The average Bonchev–Trinajstić information content (AvgIpc) is 2.55. The predicted octanol–water partition coefficient (Wildman–Crippen LogP) is 3.85. The van der Waals surface area contributed by atoms with Gasteiger partial charge in [-0.15, -0.1) is 0 Å². The van der Waals surface area contributed by atoms with Crippen molar-refractivity contribution in [3.63, 3.8) is 0 Å². The van der Waals surface area contributed by atoms with Crippen molar-refractivity contribution in [2.24, 2.45) is 0 Å². The van der Waals surface area contributed by atoms with Crippen LogP contribution >= 0.6 is 15.9 Å². The summed E-state index contributed by atoms with van der Waals surface area (Å²) in [5.41, 5.74) is 1.06. The van der Waals surface area contributed by atoms with Crippen LogP contribution in [0.5, 0.6) is 5.75 Å². The lowest BCUT2D eigenvalue weighted by molar-refractivity contribution is -0.128. The van der Waals surface area contributed by atoms with E-state index >= 15 is 0 Å². The molecule has 0 aliphatic rings. The molecule has 0 aliphatic carbocycles. The predicted molar refractivity (Wildman–Crippen MR) is 86.6 cm³/mol. The molecule has 2 aromatic rings. The van der Waals surface area contributed by atoms with Gasteiger partial charge in [-0.1, -0.05) is 46.3 Å². The topological polar surface area (TPSA) is 52.6 Å². The third-order valence-electron chi connectivity index (χ3n) is 2.77. The van der Waals surface area contributed by atoms with Crippen LogP contribution in [0.3, 0.4) is 0 Å². The smallest absolute Gasteiger partial charge is 0.341 e. The second-order valence-corrected chi connectivity index (χ2v) is 5.21. The van der Waals surface area contributed by atoms with Gasteiger partial charge in [0.2, 0.25) is 0 Å². The summed E-state index contributed by atoms with van der Waals surface area (Å²) in [6, 6.07) is 14.1. The fraction of sp³-hybridized carbons (Fsp3) is 0.0588. The van der Waals surface area contributed by atoms with E-state index in [4.69, 9.17) is 4.74 Å². The van der Waals surface area contributed by atoms with Crippen molar-refractivity contribution in [3.8, 4) is 5.75 Å². The van der Waals surface area contributed by atoms with Crippen LogP contribution in [0.2, 0.25) is 0 Å². The number of methoxy groups -OCH3 is 1. The van der Waals surface area contributed by atoms with Gasteiger partial charge in [0.1, 0.15) is 11.3 Å². The lowest BCUT2D eigenvalue weighted by Gasteiger charge is -2.07. The largest absolute Gasteiger partial charge is 0.465 e. The molecular weight excluding hydrogens is 348 g/mol. The first-order valence-corrected chi connectivity index (χ1v) is 7.22. The van der Waals surface area contributed by atoms with Crippen LogP contribution < -0.4 is 4.74 Å². The highest BCUT2D eigenvalue weighted by atomic mass is 79.9. The summed E-state index contributed by atoms with van der Waals surface area (Å²) in [7, 11) is 1.27. The van der Waals surface area contributed by atoms with Crippen molar-refractivity contribution in [2.45, 2.75) is 0 Å². The molecule has 0 saturated carbocycles. The van der Waals surface area contributed by atoms with Gasteiger partial charge in [0, 0.05) is 10.5 Å². The van der Waals surface area contributed by atoms with E-state index in [-0.39, 0.29) is 11.3 Å². The second kappa shape index (κ2) is 7.56. The van der Waals surface area contributed by atoms with Crippen molar-refractivity contribution >= 4 is 33.9 Å². The Morgan fingerprint density at radius 2 is 1.82 bits per heavy atom. The van der Waals surface area contributed by atoms with E-state index in [0.717, 1.165) is 5.56 Å². The Kier molecular flexibility index (Phi) is 5.49. The van der Waals surface area contributed by atoms with Crippen LogP contribution in [-0.4, -0.2) is 19.0 Å². The Labute approximate surface area is 136 Å². The van der Waals surface area contributed by atoms with E-state index in [1.165, 1.54) is 25.3 Å². The number of hydrogen-bond donors (Lipinski definition) is 0. The summed E-state index contributed by atoms with van der Waals surface area (Å²) >= 11 is 3.26. The molecule has 0 bridgehead atoms. The number of ether oxygens (including phenoxy) is 2. The van der Waals surface area contributed by atoms with E-state index in [1.807, 2.05) is 30.3 Å². The van der Waals surface area contributed by atoms with Gasteiger partial charge in [-0.05, 0) is 29.8 Å². The van der Waals surface area contributed by atoms with Crippen molar-refractivity contribution < 1.29 is 19.1 Å². The second-order valence-electron chi connectivity index (χ2n) is 4.30. The van der Waals surface area contributed by atoms with Gasteiger partial charge in [-0.2, -0.15) is 0 Å². The van der Waals surface area contributed by atoms with Crippen LogP contribution in [0.1, 0.15) is 15.9 Å². The molecule has 0 N–H and O–H groups in total. The van der Waals surface area contributed by atoms with E-state index in [1.54, 1.807) is 12.1 Å². The summed E-state index contributed by atoms with van der Waals surface area (Å²) in [4.78, 5) is 23.6. The van der Waals surface area contributed by atoms with Crippen molar-refractivity contribution in [2.75, 3.05) is 7.11 Å². The Bertz CT molecular complexity index is 708. The standard InChI is InChI=1S/C17H13BrO4/c1-21-17(20)14-11-13(18)8-9-15(14)22-16(19)10-7-12-5-3-2-4-6-12/h2-11H,1H3. The zero-order valence-corrected chi connectivity index (χ0v) is 13.4. The van der Waals surface area contributed by atoms with E-state index < -0.39 is 11.9 Å². The fourth-order valence-electron chi connectivity index (χ4n) is 1.73. The molecule has 0 amide bonds. The molecule has 22 heavy (non-hydrogen) atoms. The summed E-state index contributed by atoms with van der Waals surface area (Å²) in [5.74, 6) is -0.995. The highest BCUT2D eigenvalue weighted by Crippen LogP contribution is 2.24. The molecule has 0 aliphatic heterocycles. The van der Waals surface area contributed by atoms with Gasteiger partial charge in [-0.3, -0.25) is 0 Å². The molecule has 5 heteroatoms. The molecule has 0 spiro atoms. The molecule has 2 aromatic carbocycles. The van der Waals surface area contributed by atoms with Gasteiger partial charge >= 0.3 is 11.9 Å². The van der Waals surface area contributed by atoms with Crippen LogP contribution in [0.4, 0.5) is 0 Å². The Balaban J connectivity index is 2.15. The molecule has 0 atom stereocenters. The number of carbonyl (C=O) groups is 2. The van der Waals surface area contributed by atoms with Gasteiger partial charge in [0.05, 0.1) is 7.11 Å². The highest BCUT2D eigenvalue weighted by molar-refractivity contribution is 9.10. The van der Waals surface area contributed by atoms with Crippen LogP contribution in [-0.2, 0) is 9.53 Å². The first-order valence-electron chi connectivity index (χ1n) is 6.43. The minimum Gasteiger partial charge on any atom is -0.465 e. The van der Waals surface area contributed by atoms with E-state index in [0.29, 0.717) is 4.47 Å². The summed E-state index contributed by atoms with van der Waals surface area (Å²) in [5, 5.41) is 0. The Hall–Kier alpha value is -2.40. The van der Waals surface area contributed by atoms with E-state index in [9.17, 15) is 9.59 Å². The number of carbonyl (C=O) groups excluding carboxylic acids is 2. The number of esters is 2. The molecule has 0 saturated heterocycles. The number of hydrogen-bond acceptors (Lipinski definition) is 4. The van der Waals surface area contributed by atoms with Gasteiger partial charge in [0.15, 0.2) is 0 Å². The fourth-order valence-corrected chi connectivity index (χ4v) is 2.09. The molecule has 112 valence electrons. The number of rotatable bonds is 4. The normalized spacial score (nSPS) is 10.5. The third-order valence-corrected chi connectivity index (χ3v) is 3.26. The zero-order chi connectivity index (χ0) is 15.9. The SMILES string of the molecule is COC(=O)c1cc(Br)ccc1OC(=O)C=Cc1ccccc1. The lowest BCUT2D eigenvalue weighted by atomic mass is 10.2. The van der Waals surface area contributed by atoms with E-state index in [2.05, 4.69) is 20.7 Å². The Morgan fingerprint density at radius 1 is 1.09 bits per heavy atom. The minimum atomic E-state index is -0.573. The molecule has 2 rings (SSSR count). The van der Waals surface area contributed by atoms with Crippen molar-refractivity contribution in [1.29, 1.82) is 0 Å². The van der Waals surface area contributed by atoms with Gasteiger partial charge < -0.3 is 9.47 Å². The van der Waals surface area contributed by atoms with Crippen LogP contribution in [0.25, 0.3) is 6.08 Å². The monoisotopic (exact) mass is 360 g/mol. The molecule has 0 heterocycles. The maximum Gasteiger partial charge on any atom is 0.341 e. The molecule has 0 aromatic heterocycles. The third kappa shape index (κ3) is 4.30. The first-order chi connectivity index (χ1) is 10.6. The quantitative estimate of drug-likeness (QED) is 0.472. The lowest BCUT2D eigenvalue weighted by Crippen LogP contribution is -2.09.